The molecule has 4 heteroatoms. The van der Waals surface area contributed by atoms with Crippen LogP contribution in [0.2, 0.25) is 5.02 Å². The van der Waals surface area contributed by atoms with Crippen molar-refractivity contribution in [2.45, 2.75) is 32.9 Å². The third kappa shape index (κ3) is 3.80. The molecule has 2 aromatic carbocycles. The monoisotopic (exact) mass is 309 g/mol. The Hall–Kier alpha value is -1.45. The second-order valence-electron chi connectivity index (χ2n) is 5.29. The van der Waals surface area contributed by atoms with Gasteiger partial charge < -0.3 is 5.32 Å². The Kier molecular flexibility index (Phi) is 4.96. The second-order valence-corrected chi connectivity index (χ2v) is 5.70. The molecule has 21 heavy (non-hydrogen) atoms. The van der Waals surface area contributed by atoms with E-state index >= 15 is 0 Å². The Labute approximate surface area is 128 Å². The van der Waals surface area contributed by atoms with Gasteiger partial charge >= 0.3 is 0 Å². The first-order valence-corrected chi connectivity index (χ1v) is 7.23. The molecular formula is C17H18ClF2N. The lowest BCUT2D eigenvalue weighted by molar-refractivity contribution is 0.489. The van der Waals surface area contributed by atoms with Crippen molar-refractivity contribution in [3.05, 3.63) is 69.7 Å². The maximum atomic E-state index is 13.6. The summed E-state index contributed by atoms with van der Waals surface area (Å²) >= 11 is 5.68. The summed E-state index contributed by atoms with van der Waals surface area (Å²) in [5.41, 5.74) is 2.29. The normalized spacial score (nSPS) is 14.0. The fourth-order valence-corrected chi connectivity index (χ4v) is 2.35. The number of rotatable bonds is 4. The van der Waals surface area contributed by atoms with Crippen molar-refractivity contribution in [1.82, 2.24) is 5.32 Å². The zero-order valence-electron chi connectivity index (χ0n) is 12.3. The third-order valence-corrected chi connectivity index (χ3v) is 3.95. The SMILES string of the molecule is Cc1ccc(C(C)NC(C)c2ccc(Cl)c(F)c2)cc1F. The highest BCUT2D eigenvalue weighted by molar-refractivity contribution is 6.30. The molecule has 2 rings (SSSR count). The van der Waals surface area contributed by atoms with Gasteiger partial charge in [0, 0.05) is 12.1 Å². The average molecular weight is 310 g/mol. The van der Waals surface area contributed by atoms with E-state index in [1.807, 2.05) is 19.9 Å². The first kappa shape index (κ1) is 15.9. The van der Waals surface area contributed by atoms with Gasteiger partial charge in [-0.05, 0) is 55.7 Å². The van der Waals surface area contributed by atoms with Gasteiger partial charge in [-0.25, -0.2) is 8.78 Å². The third-order valence-electron chi connectivity index (χ3n) is 3.64. The van der Waals surface area contributed by atoms with Crippen LogP contribution >= 0.6 is 11.6 Å². The van der Waals surface area contributed by atoms with Crippen molar-refractivity contribution in [3.63, 3.8) is 0 Å². The minimum Gasteiger partial charge on any atom is -0.304 e. The van der Waals surface area contributed by atoms with Crippen LogP contribution in [0.4, 0.5) is 8.78 Å². The molecule has 0 radical (unpaired) electrons. The second kappa shape index (κ2) is 6.54. The van der Waals surface area contributed by atoms with Gasteiger partial charge in [-0.15, -0.1) is 0 Å². The Morgan fingerprint density at radius 3 is 1.95 bits per heavy atom. The van der Waals surface area contributed by atoms with Crippen molar-refractivity contribution >= 4 is 11.6 Å². The standard InChI is InChI=1S/C17H18ClF2N/c1-10-4-5-13(8-16(10)19)11(2)21-12(3)14-6-7-15(18)17(20)9-14/h4-9,11-12,21H,1-3H3. The Balaban J connectivity index is 2.12. The van der Waals surface area contributed by atoms with Crippen molar-refractivity contribution < 1.29 is 8.78 Å². The first-order chi connectivity index (χ1) is 9.88. The van der Waals surface area contributed by atoms with Gasteiger partial charge in [0.1, 0.15) is 11.6 Å². The van der Waals surface area contributed by atoms with Crippen LogP contribution in [0.1, 0.15) is 42.6 Å². The van der Waals surface area contributed by atoms with Crippen LogP contribution in [0.5, 0.6) is 0 Å². The Morgan fingerprint density at radius 1 is 0.905 bits per heavy atom. The highest BCUT2D eigenvalue weighted by atomic mass is 35.5. The van der Waals surface area contributed by atoms with Crippen LogP contribution in [-0.2, 0) is 0 Å². The van der Waals surface area contributed by atoms with Gasteiger partial charge in [-0.3, -0.25) is 0 Å². The lowest BCUT2D eigenvalue weighted by Gasteiger charge is -2.21. The Morgan fingerprint density at radius 2 is 1.43 bits per heavy atom. The molecule has 1 N–H and O–H groups in total. The van der Waals surface area contributed by atoms with E-state index in [9.17, 15) is 8.78 Å². The smallest absolute Gasteiger partial charge is 0.142 e. The molecule has 0 aliphatic heterocycles. The number of hydrogen-bond donors (Lipinski definition) is 1. The summed E-state index contributed by atoms with van der Waals surface area (Å²) in [5.74, 6) is -0.650. The van der Waals surface area contributed by atoms with Crippen LogP contribution in [0.25, 0.3) is 0 Å². The van der Waals surface area contributed by atoms with Crippen LogP contribution in [-0.4, -0.2) is 0 Å². The van der Waals surface area contributed by atoms with Gasteiger partial charge in [0.2, 0.25) is 0 Å². The predicted molar refractivity (Wildman–Crippen MR) is 82.5 cm³/mol. The highest BCUT2D eigenvalue weighted by Gasteiger charge is 2.13. The molecule has 0 spiro atoms. The molecule has 0 heterocycles. The summed E-state index contributed by atoms with van der Waals surface area (Å²) < 4.78 is 27.1. The van der Waals surface area contributed by atoms with E-state index in [4.69, 9.17) is 11.6 Å². The summed E-state index contributed by atoms with van der Waals surface area (Å²) in [7, 11) is 0. The van der Waals surface area contributed by atoms with E-state index in [1.54, 1.807) is 25.1 Å². The Bertz CT molecular complexity index is 587. The fraction of sp³-hybridized carbons (Fsp3) is 0.294. The molecule has 112 valence electrons. The zero-order chi connectivity index (χ0) is 15.6. The lowest BCUT2D eigenvalue weighted by atomic mass is 10.0. The molecule has 0 saturated carbocycles. The summed E-state index contributed by atoms with van der Waals surface area (Å²) in [6.07, 6.45) is 0. The van der Waals surface area contributed by atoms with Crippen molar-refractivity contribution in [1.29, 1.82) is 0 Å². The number of halogens is 3. The molecule has 0 amide bonds. The number of hydrogen-bond acceptors (Lipinski definition) is 1. The first-order valence-electron chi connectivity index (χ1n) is 6.85. The minimum absolute atomic E-state index is 0.0474. The van der Waals surface area contributed by atoms with E-state index in [-0.39, 0.29) is 22.9 Å². The molecule has 0 bridgehead atoms. The molecule has 1 nitrogen and oxygen atoms in total. The van der Waals surface area contributed by atoms with Gasteiger partial charge in [0.05, 0.1) is 5.02 Å². The van der Waals surface area contributed by atoms with Gasteiger partial charge in [-0.2, -0.15) is 0 Å². The molecule has 0 aliphatic rings. The molecule has 0 aromatic heterocycles. The summed E-state index contributed by atoms with van der Waals surface area (Å²) in [6, 6.07) is 9.81. The molecule has 0 fully saturated rings. The number of nitrogens with one attached hydrogen (secondary N) is 1. The summed E-state index contributed by atoms with van der Waals surface area (Å²) in [4.78, 5) is 0. The van der Waals surface area contributed by atoms with Gasteiger partial charge in [0.15, 0.2) is 0 Å². The average Bonchev–Trinajstić information content (AvgIpc) is 2.44. The lowest BCUT2D eigenvalue weighted by Crippen LogP contribution is -2.22. The molecular weight excluding hydrogens is 292 g/mol. The topological polar surface area (TPSA) is 12.0 Å². The highest BCUT2D eigenvalue weighted by Crippen LogP contribution is 2.23. The van der Waals surface area contributed by atoms with Crippen LogP contribution in [0.3, 0.4) is 0 Å². The van der Waals surface area contributed by atoms with E-state index in [0.29, 0.717) is 5.56 Å². The molecule has 2 unspecified atom stereocenters. The zero-order valence-corrected chi connectivity index (χ0v) is 13.0. The van der Waals surface area contributed by atoms with E-state index in [1.165, 1.54) is 12.1 Å². The quantitative estimate of drug-likeness (QED) is 0.804. The van der Waals surface area contributed by atoms with Gasteiger partial charge in [0.25, 0.3) is 0 Å². The van der Waals surface area contributed by atoms with Crippen LogP contribution in [0.15, 0.2) is 36.4 Å². The number of benzene rings is 2. The van der Waals surface area contributed by atoms with Crippen molar-refractivity contribution in [3.8, 4) is 0 Å². The number of aryl methyl sites for hydroxylation is 1. The fourth-order valence-electron chi connectivity index (χ4n) is 2.23. The molecule has 0 saturated heterocycles. The maximum absolute atomic E-state index is 13.6. The predicted octanol–water partition coefficient (Wildman–Crippen LogP) is 5.34. The van der Waals surface area contributed by atoms with Crippen molar-refractivity contribution in [2.24, 2.45) is 0 Å². The van der Waals surface area contributed by atoms with Crippen molar-refractivity contribution in [2.75, 3.05) is 0 Å². The maximum Gasteiger partial charge on any atom is 0.142 e. The van der Waals surface area contributed by atoms with Gasteiger partial charge in [-0.1, -0.05) is 29.8 Å². The molecule has 0 aliphatic carbocycles. The summed E-state index contributed by atoms with van der Waals surface area (Å²) in [5, 5.41) is 3.44. The van der Waals surface area contributed by atoms with Crippen LogP contribution in [0, 0.1) is 18.6 Å². The minimum atomic E-state index is -0.433. The largest absolute Gasteiger partial charge is 0.304 e. The van der Waals surface area contributed by atoms with E-state index in [2.05, 4.69) is 5.32 Å². The molecule has 2 aromatic rings. The van der Waals surface area contributed by atoms with E-state index < -0.39 is 5.82 Å². The molecule has 2 atom stereocenters. The van der Waals surface area contributed by atoms with Crippen LogP contribution < -0.4 is 5.32 Å². The summed E-state index contributed by atoms with van der Waals surface area (Å²) in [6.45, 7) is 5.62. The van der Waals surface area contributed by atoms with E-state index in [0.717, 1.165) is 11.1 Å².